The Labute approximate surface area is 118 Å². The maximum absolute atomic E-state index is 13.5. The Morgan fingerprint density at radius 3 is 2.45 bits per heavy atom. The molecule has 0 saturated carbocycles. The average molecular weight is 299 g/mol. The van der Waals surface area contributed by atoms with Crippen LogP contribution in [0.4, 0.5) is 4.39 Å². The summed E-state index contributed by atoms with van der Waals surface area (Å²) >= 11 is 0. The van der Waals surface area contributed by atoms with Gasteiger partial charge in [-0.25, -0.2) is 17.5 Å². The summed E-state index contributed by atoms with van der Waals surface area (Å²) in [5, 5.41) is 8.93. The molecule has 0 unspecified atom stereocenters. The minimum atomic E-state index is -4.01. The van der Waals surface area contributed by atoms with E-state index in [0.29, 0.717) is 12.8 Å². The third-order valence-corrected chi connectivity index (χ3v) is 5.09. The summed E-state index contributed by atoms with van der Waals surface area (Å²) in [6.07, 6.45) is 0.993. The standard InChI is InChI=1S/C13H18FN3O2S/c1-3-13(4-2,9-16)17-20(18,19)12-7-5-6-11(14)10(12)8-15/h5-7,17H,3-4,9,16H2,1-2H3. The first-order valence-electron chi connectivity index (χ1n) is 6.28. The van der Waals surface area contributed by atoms with Gasteiger partial charge >= 0.3 is 0 Å². The van der Waals surface area contributed by atoms with Crippen LogP contribution in [0.3, 0.4) is 0 Å². The molecule has 0 fully saturated rings. The molecule has 0 bridgehead atoms. The monoisotopic (exact) mass is 299 g/mol. The number of nitriles is 1. The smallest absolute Gasteiger partial charge is 0.242 e. The number of nitrogens with one attached hydrogen (secondary N) is 1. The molecule has 5 nitrogen and oxygen atoms in total. The van der Waals surface area contributed by atoms with E-state index in [9.17, 15) is 12.8 Å². The van der Waals surface area contributed by atoms with Gasteiger partial charge in [0, 0.05) is 12.1 Å². The lowest BCUT2D eigenvalue weighted by atomic mass is 9.95. The summed E-state index contributed by atoms with van der Waals surface area (Å²) in [6.45, 7) is 3.75. The maximum Gasteiger partial charge on any atom is 0.242 e. The van der Waals surface area contributed by atoms with Gasteiger partial charge in [0.15, 0.2) is 0 Å². The second-order valence-corrected chi connectivity index (χ2v) is 6.17. The van der Waals surface area contributed by atoms with Crippen LogP contribution >= 0.6 is 0 Å². The first-order chi connectivity index (χ1) is 9.35. The third kappa shape index (κ3) is 3.15. The normalized spacial score (nSPS) is 12.2. The predicted molar refractivity (Wildman–Crippen MR) is 73.8 cm³/mol. The molecule has 1 aromatic rings. The molecule has 0 aliphatic heterocycles. The van der Waals surface area contributed by atoms with Gasteiger partial charge < -0.3 is 5.73 Å². The zero-order valence-corrected chi connectivity index (χ0v) is 12.3. The number of nitrogens with zero attached hydrogens (tertiary/aromatic N) is 1. The van der Waals surface area contributed by atoms with Crippen LogP contribution in [0.5, 0.6) is 0 Å². The van der Waals surface area contributed by atoms with Crippen molar-refractivity contribution in [1.29, 1.82) is 5.26 Å². The molecule has 110 valence electrons. The van der Waals surface area contributed by atoms with Gasteiger partial charge in [-0.1, -0.05) is 19.9 Å². The minimum Gasteiger partial charge on any atom is -0.329 e. The molecule has 0 heterocycles. The Bertz CT molecular complexity index is 611. The first kappa shape index (κ1) is 16.6. The second-order valence-electron chi connectivity index (χ2n) is 4.52. The molecule has 1 aromatic carbocycles. The summed E-state index contributed by atoms with van der Waals surface area (Å²) in [7, 11) is -4.01. The molecular weight excluding hydrogens is 281 g/mol. The minimum absolute atomic E-state index is 0.121. The Kier molecular flexibility index (Phi) is 5.22. The molecule has 0 spiro atoms. The van der Waals surface area contributed by atoms with Crippen LogP contribution in [0.2, 0.25) is 0 Å². The Hall–Kier alpha value is -1.49. The molecule has 20 heavy (non-hydrogen) atoms. The van der Waals surface area contributed by atoms with E-state index in [1.165, 1.54) is 12.1 Å². The van der Waals surface area contributed by atoms with Gasteiger partial charge in [0.05, 0.1) is 0 Å². The fourth-order valence-corrected chi connectivity index (χ4v) is 3.62. The van der Waals surface area contributed by atoms with E-state index in [1.54, 1.807) is 6.07 Å². The highest BCUT2D eigenvalue weighted by Crippen LogP contribution is 2.22. The second kappa shape index (κ2) is 6.31. The van der Waals surface area contributed by atoms with Gasteiger partial charge in [-0.3, -0.25) is 0 Å². The molecule has 0 aliphatic carbocycles. The van der Waals surface area contributed by atoms with Crippen LogP contribution in [-0.2, 0) is 10.0 Å². The van der Waals surface area contributed by atoms with E-state index in [2.05, 4.69) is 4.72 Å². The summed E-state index contributed by atoms with van der Waals surface area (Å²) in [4.78, 5) is -0.361. The number of halogens is 1. The predicted octanol–water partition coefficient (Wildman–Crippen LogP) is 1.49. The third-order valence-electron chi connectivity index (χ3n) is 3.47. The maximum atomic E-state index is 13.5. The van der Waals surface area contributed by atoms with Crippen molar-refractivity contribution in [1.82, 2.24) is 4.72 Å². The quantitative estimate of drug-likeness (QED) is 0.832. The van der Waals surface area contributed by atoms with Crippen molar-refractivity contribution in [2.75, 3.05) is 6.54 Å². The SMILES string of the molecule is CCC(CC)(CN)NS(=O)(=O)c1cccc(F)c1C#N. The van der Waals surface area contributed by atoms with E-state index < -0.39 is 26.9 Å². The number of sulfonamides is 1. The lowest BCUT2D eigenvalue weighted by Crippen LogP contribution is -2.52. The van der Waals surface area contributed by atoms with Crippen molar-refractivity contribution in [3.63, 3.8) is 0 Å². The Morgan fingerprint density at radius 2 is 2.00 bits per heavy atom. The molecule has 0 aliphatic rings. The van der Waals surface area contributed by atoms with Crippen LogP contribution < -0.4 is 10.5 Å². The summed E-state index contributed by atoms with van der Waals surface area (Å²) in [5.74, 6) is -0.860. The summed E-state index contributed by atoms with van der Waals surface area (Å²) < 4.78 is 40.8. The van der Waals surface area contributed by atoms with E-state index >= 15 is 0 Å². The summed E-state index contributed by atoms with van der Waals surface area (Å²) in [5.41, 5.74) is 4.37. The van der Waals surface area contributed by atoms with Crippen molar-refractivity contribution < 1.29 is 12.8 Å². The van der Waals surface area contributed by atoms with Gasteiger partial charge in [0.2, 0.25) is 10.0 Å². The molecule has 0 aromatic heterocycles. The van der Waals surface area contributed by atoms with Gasteiger partial charge in [0.25, 0.3) is 0 Å². The number of hydrogen-bond donors (Lipinski definition) is 2. The van der Waals surface area contributed by atoms with E-state index in [1.807, 2.05) is 13.8 Å². The Morgan fingerprint density at radius 1 is 1.40 bits per heavy atom. The number of hydrogen-bond acceptors (Lipinski definition) is 4. The van der Waals surface area contributed by atoms with E-state index in [-0.39, 0.29) is 11.4 Å². The van der Waals surface area contributed by atoms with Crippen LogP contribution in [-0.4, -0.2) is 20.5 Å². The first-order valence-corrected chi connectivity index (χ1v) is 7.76. The van der Waals surface area contributed by atoms with Crippen molar-refractivity contribution in [2.24, 2.45) is 5.73 Å². The van der Waals surface area contributed by atoms with Crippen LogP contribution in [0.1, 0.15) is 32.3 Å². The largest absolute Gasteiger partial charge is 0.329 e. The lowest BCUT2D eigenvalue weighted by molar-refractivity contribution is 0.363. The van der Waals surface area contributed by atoms with Gasteiger partial charge in [-0.2, -0.15) is 5.26 Å². The zero-order chi connectivity index (χ0) is 15.4. The molecule has 0 radical (unpaired) electrons. The van der Waals surface area contributed by atoms with Crippen molar-refractivity contribution in [3.8, 4) is 6.07 Å². The number of nitrogens with two attached hydrogens (primary N) is 1. The highest BCUT2D eigenvalue weighted by Gasteiger charge is 2.32. The molecular formula is C13H18FN3O2S. The van der Waals surface area contributed by atoms with Gasteiger partial charge in [-0.05, 0) is 25.0 Å². The van der Waals surface area contributed by atoms with Crippen LogP contribution in [0, 0.1) is 17.1 Å². The highest BCUT2D eigenvalue weighted by molar-refractivity contribution is 7.89. The average Bonchev–Trinajstić information content (AvgIpc) is 2.44. The Balaban J connectivity index is 3.32. The number of benzene rings is 1. The zero-order valence-electron chi connectivity index (χ0n) is 11.5. The molecule has 1 rings (SSSR count). The number of rotatable bonds is 6. The van der Waals surface area contributed by atoms with Crippen LogP contribution in [0.15, 0.2) is 23.1 Å². The summed E-state index contributed by atoms with van der Waals surface area (Å²) in [6, 6.07) is 5.09. The lowest BCUT2D eigenvalue weighted by Gasteiger charge is -2.31. The van der Waals surface area contributed by atoms with E-state index in [0.717, 1.165) is 6.07 Å². The molecule has 0 atom stereocenters. The highest BCUT2D eigenvalue weighted by atomic mass is 32.2. The van der Waals surface area contributed by atoms with E-state index in [4.69, 9.17) is 11.0 Å². The van der Waals surface area contributed by atoms with Crippen molar-refractivity contribution in [3.05, 3.63) is 29.6 Å². The van der Waals surface area contributed by atoms with Crippen molar-refractivity contribution >= 4 is 10.0 Å². The molecule has 0 saturated heterocycles. The molecule has 7 heteroatoms. The van der Waals surface area contributed by atoms with Crippen molar-refractivity contribution in [2.45, 2.75) is 37.1 Å². The fourth-order valence-electron chi connectivity index (χ4n) is 1.90. The van der Waals surface area contributed by atoms with Gasteiger partial charge in [-0.15, -0.1) is 0 Å². The molecule has 0 amide bonds. The van der Waals surface area contributed by atoms with Gasteiger partial charge in [0.1, 0.15) is 22.3 Å². The topological polar surface area (TPSA) is 96.0 Å². The fraction of sp³-hybridized carbons (Fsp3) is 0.462. The molecule has 3 N–H and O–H groups in total. The van der Waals surface area contributed by atoms with Crippen LogP contribution in [0.25, 0.3) is 0 Å².